The van der Waals surface area contributed by atoms with E-state index in [1.54, 1.807) is 6.20 Å². The predicted octanol–water partition coefficient (Wildman–Crippen LogP) is 2.83. The van der Waals surface area contributed by atoms with Crippen LogP contribution in [0.2, 0.25) is 0 Å². The number of pyridine rings is 1. The molecule has 4 rings (SSSR count). The largest absolute Gasteiger partial charge is 0.367 e. The van der Waals surface area contributed by atoms with Crippen molar-refractivity contribution in [2.45, 2.75) is 25.2 Å². The Bertz CT molecular complexity index is 568. The van der Waals surface area contributed by atoms with Crippen LogP contribution >= 0.6 is 0 Å². The Balaban J connectivity index is 1.76. The van der Waals surface area contributed by atoms with Gasteiger partial charge in [-0.25, -0.2) is 0 Å². The molecule has 2 atom stereocenters. The Morgan fingerprint density at radius 3 is 2.72 bits per heavy atom. The molecule has 0 aromatic carbocycles. The zero-order valence-corrected chi connectivity index (χ0v) is 10.0. The van der Waals surface area contributed by atoms with E-state index in [0.717, 1.165) is 28.8 Å². The third-order valence-electron chi connectivity index (χ3n) is 4.30. The van der Waals surface area contributed by atoms with Crippen LogP contribution in [0.1, 0.15) is 30.9 Å². The highest BCUT2D eigenvalue weighted by Crippen LogP contribution is 2.58. The first-order valence-electron chi connectivity index (χ1n) is 6.49. The van der Waals surface area contributed by atoms with Gasteiger partial charge in [0.05, 0.1) is 17.0 Å². The fourth-order valence-electron chi connectivity index (χ4n) is 3.30. The lowest BCUT2D eigenvalue weighted by molar-refractivity contribution is 0.416. The summed E-state index contributed by atoms with van der Waals surface area (Å²) in [4.78, 5) is 4.36. The fraction of sp³-hybridized carbons (Fsp3) is 0.429. The Morgan fingerprint density at radius 1 is 1.17 bits per heavy atom. The smallest absolute Gasteiger partial charge is 0.231 e. The van der Waals surface area contributed by atoms with Crippen LogP contribution in [-0.4, -0.2) is 10.1 Å². The SMILES string of the molecule is Nc1onc(C2CC3CC3C2)c1-c1ccccn1. The van der Waals surface area contributed by atoms with Gasteiger partial charge < -0.3 is 10.3 Å². The Hall–Kier alpha value is -1.84. The van der Waals surface area contributed by atoms with Crippen molar-refractivity contribution in [3.63, 3.8) is 0 Å². The van der Waals surface area contributed by atoms with E-state index < -0.39 is 0 Å². The predicted molar refractivity (Wildman–Crippen MR) is 67.7 cm³/mol. The van der Waals surface area contributed by atoms with Crippen molar-refractivity contribution in [3.8, 4) is 11.3 Å². The maximum absolute atomic E-state index is 5.92. The number of nitrogens with zero attached hydrogens (tertiary/aromatic N) is 2. The molecule has 0 spiro atoms. The normalized spacial score (nSPS) is 29.2. The van der Waals surface area contributed by atoms with E-state index >= 15 is 0 Å². The lowest BCUT2D eigenvalue weighted by Crippen LogP contribution is -2.00. The molecule has 2 aliphatic rings. The topological polar surface area (TPSA) is 64.9 Å². The highest BCUT2D eigenvalue weighted by atomic mass is 16.5. The van der Waals surface area contributed by atoms with E-state index in [1.165, 1.54) is 19.3 Å². The van der Waals surface area contributed by atoms with Crippen LogP contribution in [0.4, 0.5) is 5.88 Å². The number of hydrogen-bond donors (Lipinski definition) is 1. The van der Waals surface area contributed by atoms with E-state index in [2.05, 4.69) is 10.1 Å². The third-order valence-corrected chi connectivity index (χ3v) is 4.30. The maximum Gasteiger partial charge on any atom is 0.231 e. The van der Waals surface area contributed by atoms with Crippen LogP contribution in [0.3, 0.4) is 0 Å². The Labute approximate surface area is 105 Å². The second-order valence-corrected chi connectivity index (χ2v) is 5.45. The molecule has 2 heterocycles. The molecule has 2 aromatic rings. The van der Waals surface area contributed by atoms with Gasteiger partial charge in [-0.3, -0.25) is 4.98 Å². The molecule has 18 heavy (non-hydrogen) atoms. The van der Waals surface area contributed by atoms with Gasteiger partial charge in [-0.05, 0) is 43.2 Å². The first-order valence-corrected chi connectivity index (χ1v) is 6.49. The molecule has 4 nitrogen and oxygen atoms in total. The number of hydrogen-bond acceptors (Lipinski definition) is 4. The summed E-state index contributed by atoms with van der Waals surface area (Å²) in [5.41, 5.74) is 8.70. The van der Waals surface area contributed by atoms with Crippen molar-refractivity contribution in [2.24, 2.45) is 11.8 Å². The molecule has 2 aromatic heterocycles. The maximum atomic E-state index is 5.92. The van der Waals surface area contributed by atoms with Crippen molar-refractivity contribution in [1.82, 2.24) is 10.1 Å². The summed E-state index contributed by atoms with van der Waals surface area (Å²) in [5, 5.41) is 4.19. The summed E-state index contributed by atoms with van der Waals surface area (Å²) in [7, 11) is 0. The molecule has 2 aliphatic carbocycles. The van der Waals surface area contributed by atoms with Gasteiger partial charge in [0, 0.05) is 12.1 Å². The molecular formula is C14H15N3O. The van der Waals surface area contributed by atoms with Gasteiger partial charge in [-0.15, -0.1) is 0 Å². The Kier molecular flexibility index (Phi) is 2.01. The second-order valence-electron chi connectivity index (χ2n) is 5.45. The molecule has 0 aliphatic heterocycles. The minimum Gasteiger partial charge on any atom is -0.367 e. The van der Waals surface area contributed by atoms with E-state index in [9.17, 15) is 0 Å². The van der Waals surface area contributed by atoms with Crippen molar-refractivity contribution in [3.05, 3.63) is 30.1 Å². The van der Waals surface area contributed by atoms with E-state index in [0.29, 0.717) is 11.8 Å². The molecule has 92 valence electrons. The molecule has 4 heteroatoms. The molecule has 0 radical (unpaired) electrons. The van der Waals surface area contributed by atoms with Crippen molar-refractivity contribution >= 4 is 5.88 Å². The highest BCUT2D eigenvalue weighted by Gasteiger charge is 2.47. The molecule has 2 fully saturated rings. The average molecular weight is 241 g/mol. The zero-order valence-electron chi connectivity index (χ0n) is 10.0. The van der Waals surface area contributed by atoms with Crippen LogP contribution in [0.15, 0.2) is 28.9 Å². The van der Waals surface area contributed by atoms with Crippen LogP contribution in [0.5, 0.6) is 0 Å². The van der Waals surface area contributed by atoms with Gasteiger partial charge in [0.25, 0.3) is 0 Å². The second kappa shape index (κ2) is 3.57. The number of nitrogen functional groups attached to an aromatic ring is 1. The van der Waals surface area contributed by atoms with Crippen LogP contribution < -0.4 is 5.73 Å². The van der Waals surface area contributed by atoms with Gasteiger partial charge in [0.1, 0.15) is 0 Å². The first kappa shape index (κ1) is 10.1. The van der Waals surface area contributed by atoms with E-state index in [-0.39, 0.29) is 0 Å². The van der Waals surface area contributed by atoms with Crippen molar-refractivity contribution in [1.29, 1.82) is 0 Å². The summed E-state index contributed by atoms with van der Waals surface area (Å²) < 4.78 is 5.20. The molecule has 2 unspecified atom stereocenters. The quantitative estimate of drug-likeness (QED) is 0.878. The van der Waals surface area contributed by atoms with Crippen molar-refractivity contribution in [2.75, 3.05) is 5.73 Å². The fourth-order valence-corrected chi connectivity index (χ4v) is 3.30. The molecule has 0 saturated heterocycles. The first-order chi connectivity index (χ1) is 8.83. The lowest BCUT2D eigenvalue weighted by atomic mass is 9.95. The van der Waals surface area contributed by atoms with Gasteiger partial charge in [-0.1, -0.05) is 11.2 Å². The summed E-state index contributed by atoms with van der Waals surface area (Å²) in [6, 6.07) is 5.82. The lowest BCUT2D eigenvalue weighted by Gasteiger charge is -2.09. The molecule has 0 amide bonds. The summed E-state index contributed by atoms with van der Waals surface area (Å²) in [6.07, 6.45) is 5.65. The van der Waals surface area contributed by atoms with Gasteiger partial charge >= 0.3 is 0 Å². The third kappa shape index (κ3) is 1.45. The number of anilines is 1. The molecular weight excluding hydrogens is 226 g/mol. The van der Waals surface area contributed by atoms with Gasteiger partial charge in [0.15, 0.2) is 0 Å². The summed E-state index contributed by atoms with van der Waals surface area (Å²) in [5.74, 6) is 2.74. The number of aromatic nitrogens is 2. The minimum absolute atomic E-state index is 0.393. The van der Waals surface area contributed by atoms with Crippen molar-refractivity contribution < 1.29 is 4.52 Å². The Morgan fingerprint density at radius 2 is 2.00 bits per heavy atom. The van der Waals surface area contributed by atoms with E-state index in [1.807, 2.05) is 18.2 Å². The standard InChI is InChI=1S/C14H15N3O/c15-14-12(11-3-1-2-4-16-11)13(17-18-14)10-6-8-5-9(8)7-10/h1-4,8-10H,5-7,15H2. The zero-order chi connectivity index (χ0) is 12.1. The van der Waals surface area contributed by atoms with Crippen LogP contribution in [-0.2, 0) is 0 Å². The molecule has 2 saturated carbocycles. The van der Waals surface area contributed by atoms with Crippen LogP contribution in [0, 0.1) is 11.8 Å². The number of rotatable bonds is 2. The molecule has 0 bridgehead atoms. The van der Waals surface area contributed by atoms with Crippen LogP contribution in [0.25, 0.3) is 11.3 Å². The minimum atomic E-state index is 0.393. The summed E-state index contributed by atoms with van der Waals surface area (Å²) in [6.45, 7) is 0. The summed E-state index contributed by atoms with van der Waals surface area (Å²) >= 11 is 0. The van der Waals surface area contributed by atoms with Gasteiger partial charge in [-0.2, -0.15) is 0 Å². The average Bonchev–Trinajstić information content (AvgIpc) is 2.85. The van der Waals surface area contributed by atoms with E-state index in [4.69, 9.17) is 10.3 Å². The number of nitrogens with two attached hydrogens (primary N) is 1. The number of fused-ring (bicyclic) bond motifs is 1. The highest BCUT2D eigenvalue weighted by molar-refractivity contribution is 5.72. The monoisotopic (exact) mass is 241 g/mol. The molecule has 2 N–H and O–H groups in total. The van der Waals surface area contributed by atoms with Gasteiger partial charge in [0.2, 0.25) is 5.88 Å².